The SMILES string of the molecule is COc1cc(C=Nc2cc(C)ccc2C)cc(I)c1O. The number of aromatic hydroxyl groups is 1. The third-order valence-corrected chi connectivity index (χ3v) is 3.81. The maximum Gasteiger partial charge on any atom is 0.171 e. The zero-order chi connectivity index (χ0) is 14.7. The molecule has 0 heterocycles. The molecule has 0 aromatic heterocycles. The standard InChI is InChI=1S/C16H16INO2/c1-10-4-5-11(2)14(6-10)18-9-12-7-13(17)16(19)15(8-12)20-3/h4-9,19H,1-3H3. The van der Waals surface area contributed by atoms with Crippen LogP contribution in [0.15, 0.2) is 35.3 Å². The van der Waals surface area contributed by atoms with Gasteiger partial charge in [-0.25, -0.2) is 0 Å². The minimum Gasteiger partial charge on any atom is -0.504 e. The van der Waals surface area contributed by atoms with E-state index in [-0.39, 0.29) is 5.75 Å². The Morgan fingerprint density at radius 1 is 1.20 bits per heavy atom. The van der Waals surface area contributed by atoms with Crippen molar-refractivity contribution in [2.75, 3.05) is 7.11 Å². The molecular formula is C16H16INO2. The molecule has 0 bridgehead atoms. The Bertz CT molecular complexity index is 666. The van der Waals surface area contributed by atoms with Crippen molar-refractivity contribution in [3.05, 3.63) is 50.6 Å². The Kier molecular flexibility index (Phi) is 4.65. The quantitative estimate of drug-likeness (QED) is 0.634. The first-order valence-electron chi connectivity index (χ1n) is 6.19. The highest BCUT2D eigenvalue weighted by Crippen LogP contribution is 2.32. The molecule has 0 aliphatic rings. The van der Waals surface area contributed by atoms with E-state index < -0.39 is 0 Å². The summed E-state index contributed by atoms with van der Waals surface area (Å²) in [6.07, 6.45) is 1.78. The van der Waals surface area contributed by atoms with Crippen molar-refractivity contribution < 1.29 is 9.84 Å². The molecule has 3 nitrogen and oxygen atoms in total. The molecule has 4 heteroatoms. The van der Waals surface area contributed by atoms with Gasteiger partial charge >= 0.3 is 0 Å². The maximum atomic E-state index is 9.81. The normalized spacial score (nSPS) is 11.0. The number of rotatable bonds is 3. The zero-order valence-corrected chi connectivity index (χ0v) is 13.8. The van der Waals surface area contributed by atoms with E-state index in [9.17, 15) is 5.11 Å². The average molecular weight is 381 g/mol. The number of methoxy groups -OCH3 is 1. The number of phenolic OH excluding ortho intramolecular Hbond substituents is 1. The van der Waals surface area contributed by atoms with Crippen molar-refractivity contribution in [3.63, 3.8) is 0 Å². The van der Waals surface area contributed by atoms with Gasteiger partial charge in [-0.15, -0.1) is 0 Å². The van der Waals surface area contributed by atoms with Gasteiger partial charge in [0.25, 0.3) is 0 Å². The fourth-order valence-corrected chi connectivity index (χ4v) is 2.45. The molecule has 0 saturated carbocycles. The van der Waals surface area contributed by atoms with E-state index in [4.69, 9.17) is 4.74 Å². The van der Waals surface area contributed by atoms with Gasteiger partial charge in [0.05, 0.1) is 16.4 Å². The average Bonchev–Trinajstić information content (AvgIpc) is 2.43. The second kappa shape index (κ2) is 6.26. The van der Waals surface area contributed by atoms with Crippen LogP contribution in [0.4, 0.5) is 5.69 Å². The lowest BCUT2D eigenvalue weighted by molar-refractivity contribution is 0.371. The Labute approximate surface area is 132 Å². The molecule has 2 rings (SSSR count). The van der Waals surface area contributed by atoms with E-state index in [2.05, 4.69) is 45.8 Å². The first kappa shape index (κ1) is 14.8. The predicted molar refractivity (Wildman–Crippen MR) is 90.5 cm³/mol. The van der Waals surface area contributed by atoms with Crippen LogP contribution in [0.1, 0.15) is 16.7 Å². The van der Waals surface area contributed by atoms with Crippen LogP contribution in [0.5, 0.6) is 11.5 Å². The molecule has 0 saturated heterocycles. The molecule has 20 heavy (non-hydrogen) atoms. The summed E-state index contributed by atoms with van der Waals surface area (Å²) >= 11 is 2.07. The molecule has 2 aromatic carbocycles. The number of nitrogens with zero attached hydrogens (tertiary/aromatic N) is 1. The molecule has 2 aromatic rings. The number of aryl methyl sites for hydroxylation is 2. The lowest BCUT2D eigenvalue weighted by Gasteiger charge is -2.06. The number of phenols is 1. The second-order valence-electron chi connectivity index (χ2n) is 4.60. The lowest BCUT2D eigenvalue weighted by atomic mass is 10.1. The molecule has 0 radical (unpaired) electrons. The fourth-order valence-electron chi connectivity index (χ4n) is 1.83. The van der Waals surface area contributed by atoms with Crippen molar-refractivity contribution in [1.29, 1.82) is 0 Å². The van der Waals surface area contributed by atoms with Gasteiger partial charge in [0.2, 0.25) is 0 Å². The monoisotopic (exact) mass is 381 g/mol. The Morgan fingerprint density at radius 3 is 2.65 bits per heavy atom. The van der Waals surface area contributed by atoms with Gasteiger partial charge in [-0.3, -0.25) is 4.99 Å². The van der Waals surface area contributed by atoms with Crippen molar-refractivity contribution >= 4 is 34.5 Å². The van der Waals surface area contributed by atoms with Crippen LogP contribution in [0.25, 0.3) is 0 Å². The summed E-state index contributed by atoms with van der Waals surface area (Å²) < 4.78 is 5.89. The van der Waals surface area contributed by atoms with Crippen LogP contribution in [0.2, 0.25) is 0 Å². The molecule has 104 valence electrons. The van der Waals surface area contributed by atoms with Crippen molar-refractivity contribution in [3.8, 4) is 11.5 Å². The molecular weight excluding hydrogens is 365 g/mol. The molecule has 0 aliphatic heterocycles. The van der Waals surface area contributed by atoms with Crippen LogP contribution in [0.3, 0.4) is 0 Å². The van der Waals surface area contributed by atoms with E-state index in [1.165, 1.54) is 12.7 Å². The number of aliphatic imine (C=N–C) groups is 1. The largest absolute Gasteiger partial charge is 0.504 e. The molecule has 0 atom stereocenters. The summed E-state index contributed by atoms with van der Waals surface area (Å²) in [6.45, 7) is 4.08. The third-order valence-electron chi connectivity index (χ3n) is 2.99. The van der Waals surface area contributed by atoms with Crippen LogP contribution in [-0.4, -0.2) is 18.4 Å². The van der Waals surface area contributed by atoms with Gasteiger partial charge in [-0.2, -0.15) is 0 Å². The summed E-state index contributed by atoms with van der Waals surface area (Å²) in [5.41, 5.74) is 4.16. The number of ether oxygens (including phenoxy) is 1. The van der Waals surface area contributed by atoms with Gasteiger partial charge in [0, 0.05) is 6.21 Å². The highest BCUT2D eigenvalue weighted by Gasteiger charge is 2.07. The van der Waals surface area contributed by atoms with Gasteiger partial charge in [-0.05, 0) is 71.3 Å². The topological polar surface area (TPSA) is 41.8 Å². The summed E-state index contributed by atoms with van der Waals surface area (Å²) in [6, 6.07) is 9.82. The molecule has 0 fully saturated rings. The number of hydrogen-bond donors (Lipinski definition) is 1. The fraction of sp³-hybridized carbons (Fsp3) is 0.188. The first-order valence-corrected chi connectivity index (χ1v) is 7.27. The second-order valence-corrected chi connectivity index (χ2v) is 5.76. The first-order chi connectivity index (χ1) is 9.51. The number of hydrogen-bond acceptors (Lipinski definition) is 3. The molecule has 0 unspecified atom stereocenters. The minimum absolute atomic E-state index is 0.164. The summed E-state index contributed by atoms with van der Waals surface area (Å²) in [7, 11) is 1.54. The van der Waals surface area contributed by atoms with Crippen molar-refractivity contribution in [2.45, 2.75) is 13.8 Å². The van der Waals surface area contributed by atoms with Crippen LogP contribution in [-0.2, 0) is 0 Å². The maximum absolute atomic E-state index is 9.81. The van der Waals surface area contributed by atoms with Crippen LogP contribution in [0, 0.1) is 17.4 Å². The molecule has 0 amide bonds. The van der Waals surface area contributed by atoms with E-state index in [0.717, 1.165) is 20.4 Å². The van der Waals surface area contributed by atoms with Crippen LogP contribution >= 0.6 is 22.6 Å². The summed E-state index contributed by atoms with van der Waals surface area (Å²) in [5, 5.41) is 9.81. The van der Waals surface area contributed by atoms with Crippen molar-refractivity contribution in [2.24, 2.45) is 4.99 Å². The predicted octanol–water partition coefficient (Wildman–Crippen LogP) is 4.37. The smallest absolute Gasteiger partial charge is 0.171 e. The van der Waals surface area contributed by atoms with E-state index >= 15 is 0 Å². The van der Waals surface area contributed by atoms with Gasteiger partial charge in [-0.1, -0.05) is 12.1 Å². The molecule has 1 N–H and O–H groups in total. The molecule has 0 aliphatic carbocycles. The van der Waals surface area contributed by atoms with Crippen molar-refractivity contribution in [1.82, 2.24) is 0 Å². The Hall–Kier alpha value is -1.56. The van der Waals surface area contributed by atoms with Crippen LogP contribution < -0.4 is 4.74 Å². The van der Waals surface area contributed by atoms with Gasteiger partial charge in [0.1, 0.15) is 0 Å². The van der Waals surface area contributed by atoms with E-state index in [1.807, 2.05) is 19.9 Å². The third kappa shape index (κ3) is 3.30. The zero-order valence-electron chi connectivity index (χ0n) is 11.6. The summed E-state index contributed by atoms with van der Waals surface area (Å²) in [5.74, 6) is 0.622. The highest BCUT2D eigenvalue weighted by atomic mass is 127. The minimum atomic E-state index is 0.164. The summed E-state index contributed by atoms with van der Waals surface area (Å²) in [4.78, 5) is 4.52. The van der Waals surface area contributed by atoms with Gasteiger partial charge < -0.3 is 9.84 Å². The Morgan fingerprint density at radius 2 is 1.95 bits per heavy atom. The molecule has 0 spiro atoms. The lowest BCUT2D eigenvalue weighted by Crippen LogP contribution is -1.90. The number of benzene rings is 2. The van der Waals surface area contributed by atoms with E-state index in [0.29, 0.717) is 5.75 Å². The Balaban J connectivity index is 2.36. The highest BCUT2D eigenvalue weighted by molar-refractivity contribution is 14.1. The van der Waals surface area contributed by atoms with Gasteiger partial charge in [0.15, 0.2) is 11.5 Å². The number of halogens is 1. The van der Waals surface area contributed by atoms with E-state index in [1.54, 1.807) is 12.3 Å².